The normalized spacial score (nSPS) is 17.8. The van der Waals surface area contributed by atoms with E-state index in [9.17, 15) is 9.18 Å². The molecule has 1 aliphatic rings. The predicted molar refractivity (Wildman–Crippen MR) is 91.2 cm³/mol. The van der Waals surface area contributed by atoms with Gasteiger partial charge in [-0.25, -0.2) is 4.39 Å². The molecule has 1 amide bonds. The van der Waals surface area contributed by atoms with Crippen LogP contribution in [0, 0.1) is 5.82 Å². The molecule has 0 aromatic heterocycles. The van der Waals surface area contributed by atoms with Gasteiger partial charge in [0.25, 0.3) is 0 Å². The number of halogens is 1. The van der Waals surface area contributed by atoms with Gasteiger partial charge in [0.2, 0.25) is 5.91 Å². The van der Waals surface area contributed by atoms with Crippen molar-refractivity contribution in [2.24, 2.45) is 0 Å². The Morgan fingerprint density at radius 1 is 1.12 bits per heavy atom. The van der Waals surface area contributed by atoms with Crippen molar-refractivity contribution in [2.75, 3.05) is 19.7 Å². The Balaban J connectivity index is 1.63. The van der Waals surface area contributed by atoms with Crippen molar-refractivity contribution in [3.8, 4) is 0 Å². The molecular weight excluding hydrogens is 305 g/mol. The quantitative estimate of drug-likeness (QED) is 0.860. The molecule has 1 atom stereocenters. The predicted octanol–water partition coefficient (Wildman–Crippen LogP) is 3.53. The third-order valence-electron chi connectivity index (χ3n) is 4.45. The Morgan fingerprint density at radius 2 is 1.79 bits per heavy atom. The van der Waals surface area contributed by atoms with Crippen LogP contribution in [0.1, 0.15) is 29.7 Å². The fraction of sp³-hybridized carbons (Fsp3) is 0.350. The van der Waals surface area contributed by atoms with Crippen LogP contribution >= 0.6 is 0 Å². The van der Waals surface area contributed by atoms with Gasteiger partial charge in [0.1, 0.15) is 11.9 Å². The summed E-state index contributed by atoms with van der Waals surface area (Å²) < 4.78 is 18.8. The molecule has 1 saturated heterocycles. The van der Waals surface area contributed by atoms with E-state index in [0.29, 0.717) is 26.1 Å². The van der Waals surface area contributed by atoms with Crippen molar-refractivity contribution < 1.29 is 13.9 Å². The first-order valence-electron chi connectivity index (χ1n) is 8.38. The molecule has 3 rings (SSSR count). The average molecular weight is 327 g/mol. The van der Waals surface area contributed by atoms with Gasteiger partial charge in [-0.05, 0) is 35.2 Å². The molecule has 4 heteroatoms. The maximum absolute atomic E-state index is 13.0. The van der Waals surface area contributed by atoms with Crippen molar-refractivity contribution in [1.29, 1.82) is 0 Å². The molecule has 0 saturated carbocycles. The number of nitrogens with zero attached hydrogens (tertiary/aromatic N) is 1. The third kappa shape index (κ3) is 4.01. The Morgan fingerprint density at radius 3 is 2.46 bits per heavy atom. The molecule has 1 heterocycles. The smallest absolute Gasteiger partial charge is 0.227 e. The van der Waals surface area contributed by atoms with E-state index in [4.69, 9.17) is 4.74 Å². The SMILES string of the molecule is CCc1ccc(C2CN(C(=O)Cc3ccc(F)cc3)CCO2)cc1. The maximum atomic E-state index is 13.0. The number of rotatable bonds is 4. The van der Waals surface area contributed by atoms with Crippen LogP contribution in [0.25, 0.3) is 0 Å². The van der Waals surface area contributed by atoms with E-state index in [-0.39, 0.29) is 17.8 Å². The largest absolute Gasteiger partial charge is 0.370 e. The molecule has 0 aliphatic carbocycles. The number of carbonyl (C=O) groups is 1. The fourth-order valence-electron chi connectivity index (χ4n) is 2.93. The first-order chi connectivity index (χ1) is 11.7. The number of carbonyl (C=O) groups excluding carboxylic acids is 1. The first-order valence-corrected chi connectivity index (χ1v) is 8.38. The molecule has 0 N–H and O–H groups in total. The number of ether oxygens (including phenoxy) is 1. The van der Waals surface area contributed by atoms with Gasteiger partial charge in [0.05, 0.1) is 19.6 Å². The topological polar surface area (TPSA) is 29.5 Å². The van der Waals surface area contributed by atoms with Gasteiger partial charge in [-0.2, -0.15) is 0 Å². The van der Waals surface area contributed by atoms with Crippen molar-refractivity contribution in [3.63, 3.8) is 0 Å². The van der Waals surface area contributed by atoms with Crippen LogP contribution < -0.4 is 0 Å². The summed E-state index contributed by atoms with van der Waals surface area (Å²) in [6.07, 6.45) is 1.22. The molecule has 0 spiro atoms. The van der Waals surface area contributed by atoms with Crippen LogP contribution in [0.15, 0.2) is 48.5 Å². The molecule has 0 bridgehead atoms. The molecule has 1 unspecified atom stereocenters. The first kappa shape index (κ1) is 16.7. The zero-order valence-corrected chi connectivity index (χ0v) is 13.9. The minimum Gasteiger partial charge on any atom is -0.370 e. The number of benzene rings is 2. The molecule has 0 radical (unpaired) electrons. The maximum Gasteiger partial charge on any atom is 0.227 e. The van der Waals surface area contributed by atoms with Gasteiger partial charge in [0, 0.05) is 6.54 Å². The molecule has 1 aliphatic heterocycles. The summed E-state index contributed by atoms with van der Waals surface area (Å²) in [5.41, 5.74) is 3.22. The molecule has 126 valence electrons. The second-order valence-corrected chi connectivity index (χ2v) is 6.10. The second kappa shape index (κ2) is 7.58. The summed E-state index contributed by atoms with van der Waals surface area (Å²) in [6.45, 7) is 3.83. The molecule has 2 aromatic rings. The number of amides is 1. The number of hydrogen-bond acceptors (Lipinski definition) is 2. The molecule has 1 fully saturated rings. The monoisotopic (exact) mass is 327 g/mol. The van der Waals surface area contributed by atoms with E-state index < -0.39 is 0 Å². The Hall–Kier alpha value is -2.20. The van der Waals surface area contributed by atoms with Crippen LogP contribution in [-0.2, 0) is 22.4 Å². The zero-order chi connectivity index (χ0) is 16.9. The zero-order valence-electron chi connectivity index (χ0n) is 13.9. The van der Waals surface area contributed by atoms with Crippen molar-refractivity contribution in [2.45, 2.75) is 25.9 Å². The number of aryl methyl sites for hydroxylation is 1. The minimum absolute atomic E-state index is 0.0556. The van der Waals surface area contributed by atoms with Gasteiger partial charge in [-0.15, -0.1) is 0 Å². The lowest BCUT2D eigenvalue weighted by atomic mass is 10.0. The standard InChI is InChI=1S/C20H22FNO2/c1-2-15-3-7-17(8-4-15)19-14-22(11-12-24-19)20(23)13-16-5-9-18(21)10-6-16/h3-10,19H,2,11-14H2,1H3. The highest BCUT2D eigenvalue weighted by Gasteiger charge is 2.25. The summed E-state index contributed by atoms with van der Waals surface area (Å²) in [7, 11) is 0. The molecule has 24 heavy (non-hydrogen) atoms. The minimum atomic E-state index is -0.284. The second-order valence-electron chi connectivity index (χ2n) is 6.10. The summed E-state index contributed by atoms with van der Waals surface area (Å²) in [4.78, 5) is 14.3. The van der Waals surface area contributed by atoms with Crippen molar-refractivity contribution >= 4 is 5.91 Å². The highest BCUT2D eigenvalue weighted by atomic mass is 19.1. The third-order valence-corrected chi connectivity index (χ3v) is 4.45. The van der Waals surface area contributed by atoms with E-state index in [1.807, 2.05) is 4.90 Å². The summed E-state index contributed by atoms with van der Waals surface area (Å²) in [5.74, 6) is -0.228. The molecule has 3 nitrogen and oxygen atoms in total. The summed E-state index contributed by atoms with van der Waals surface area (Å²) in [5, 5.41) is 0. The Labute approximate surface area is 142 Å². The van der Waals surface area contributed by atoms with Gasteiger partial charge >= 0.3 is 0 Å². The highest BCUT2D eigenvalue weighted by molar-refractivity contribution is 5.78. The number of morpholine rings is 1. The summed E-state index contributed by atoms with van der Waals surface area (Å²) >= 11 is 0. The van der Waals surface area contributed by atoms with E-state index in [0.717, 1.165) is 17.5 Å². The lowest BCUT2D eigenvalue weighted by Gasteiger charge is -2.33. The highest BCUT2D eigenvalue weighted by Crippen LogP contribution is 2.23. The van der Waals surface area contributed by atoms with Crippen LogP contribution in [0.4, 0.5) is 4.39 Å². The van der Waals surface area contributed by atoms with E-state index in [2.05, 4.69) is 31.2 Å². The fourth-order valence-corrected chi connectivity index (χ4v) is 2.93. The van der Waals surface area contributed by atoms with Gasteiger partial charge in [-0.1, -0.05) is 43.3 Å². The lowest BCUT2D eigenvalue weighted by molar-refractivity contribution is -0.138. The van der Waals surface area contributed by atoms with Gasteiger partial charge < -0.3 is 9.64 Å². The van der Waals surface area contributed by atoms with E-state index >= 15 is 0 Å². The van der Waals surface area contributed by atoms with Crippen LogP contribution in [-0.4, -0.2) is 30.5 Å². The van der Waals surface area contributed by atoms with Crippen LogP contribution in [0.3, 0.4) is 0 Å². The van der Waals surface area contributed by atoms with Crippen molar-refractivity contribution in [1.82, 2.24) is 4.90 Å². The molecule has 2 aromatic carbocycles. The molecular formula is C20H22FNO2. The summed E-state index contributed by atoms with van der Waals surface area (Å²) in [6, 6.07) is 14.5. The van der Waals surface area contributed by atoms with E-state index in [1.54, 1.807) is 12.1 Å². The van der Waals surface area contributed by atoms with Crippen LogP contribution in [0.5, 0.6) is 0 Å². The van der Waals surface area contributed by atoms with Gasteiger partial charge in [-0.3, -0.25) is 4.79 Å². The van der Waals surface area contributed by atoms with Gasteiger partial charge in [0.15, 0.2) is 0 Å². The number of hydrogen-bond donors (Lipinski definition) is 0. The van der Waals surface area contributed by atoms with Crippen molar-refractivity contribution in [3.05, 3.63) is 71.0 Å². The van der Waals surface area contributed by atoms with Crippen LogP contribution in [0.2, 0.25) is 0 Å². The lowest BCUT2D eigenvalue weighted by Crippen LogP contribution is -2.43. The van der Waals surface area contributed by atoms with E-state index in [1.165, 1.54) is 17.7 Å². The Kier molecular flexibility index (Phi) is 5.26. The Bertz CT molecular complexity index is 682. The average Bonchev–Trinajstić information content (AvgIpc) is 2.64.